The van der Waals surface area contributed by atoms with Crippen molar-refractivity contribution in [2.24, 2.45) is 5.14 Å². The van der Waals surface area contributed by atoms with E-state index in [-0.39, 0.29) is 6.07 Å². The predicted molar refractivity (Wildman–Crippen MR) is 60.7 cm³/mol. The number of hydrogen-bond acceptors (Lipinski definition) is 3. The van der Waals surface area contributed by atoms with Crippen molar-refractivity contribution < 1.29 is 35.2 Å². The number of nitrogens with one attached hydrogen (secondary N) is 1. The fourth-order valence-electron chi connectivity index (χ4n) is 1.31. The molecule has 0 saturated carbocycles. The third-order valence-corrected chi connectivity index (χ3v) is 3.16. The van der Waals surface area contributed by atoms with Crippen LogP contribution in [0.1, 0.15) is 16.8 Å². The maximum atomic E-state index is 13.4. The second kappa shape index (κ2) is 5.93. The largest absolute Gasteiger partial charge is 0.390 e. The number of halogens is 5. The summed E-state index contributed by atoms with van der Waals surface area (Å²) in [5.41, 5.74) is -1.05. The summed E-state index contributed by atoms with van der Waals surface area (Å²) in [6, 6.07) is 0.702. The van der Waals surface area contributed by atoms with Gasteiger partial charge in [0, 0.05) is 6.54 Å². The molecule has 0 spiro atoms. The summed E-state index contributed by atoms with van der Waals surface area (Å²) in [7, 11) is -4.41. The molecule has 0 heterocycles. The molecule has 0 aliphatic carbocycles. The van der Waals surface area contributed by atoms with Crippen molar-refractivity contribution in [3.8, 4) is 0 Å². The van der Waals surface area contributed by atoms with Crippen LogP contribution in [0.3, 0.4) is 0 Å². The Morgan fingerprint density at radius 1 is 1.24 bits per heavy atom. The molecule has 0 unspecified atom stereocenters. The molecule has 1 rings (SSSR count). The van der Waals surface area contributed by atoms with E-state index >= 15 is 0 Å². The molecule has 0 fully saturated rings. The van der Waals surface area contributed by atoms with Crippen molar-refractivity contribution in [3.05, 3.63) is 29.3 Å². The molecule has 0 atom stereocenters. The highest BCUT2D eigenvalue weighted by atomic mass is 32.2. The molecule has 0 aliphatic rings. The van der Waals surface area contributed by atoms with Gasteiger partial charge in [0.25, 0.3) is 5.91 Å². The lowest BCUT2D eigenvalue weighted by atomic mass is 10.2. The van der Waals surface area contributed by atoms with Crippen LogP contribution in [0.5, 0.6) is 0 Å². The van der Waals surface area contributed by atoms with Gasteiger partial charge in [-0.2, -0.15) is 13.2 Å². The Hall–Kier alpha value is -1.75. The highest BCUT2D eigenvalue weighted by Gasteiger charge is 2.27. The van der Waals surface area contributed by atoms with E-state index in [0.717, 1.165) is 0 Å². The molecule has 0 bridgehead atoms. The van der Waals surface area contributed by atoms with Crippen LogP contribution in [-0.4, -0.2) is 27.0 Å². The molecule has 0 aromatic heterocycles. The third kappa shape index (κ3) is 4.93. The van der Waals surface area contributed by atoms with E-state index in [2.05, 4.69) is 0 Å². The van der Waals surface area contributed by atoms with E-state index in [0.29, 0.717) is 6.07 Å². The summed E-state index contributed by atoms with van der Waals surface area (Å²) in [5, 5.41) is 6.41. The molecule has 0 aliphatic heterocycles. The number of carbonyl (C=O) groups is 1. The number of hydrogen-bond donors (Lipinski definition) is 2. The van der Waals surface area contributed by atoms with Crippen LogP contribution in [0.2, 0.25) is 0 Å². The zero-order valence-corrected chi connectivity index (χ0v) is 11.0. The van der Waals surface area contributed by atoms with E-state index in [1.807, 2.05) is 0 Å². The Balaban J connectivity index is 3.02. The van der Waals surface area contributed by atoms with Crippen molar-refractivity contribution in [2.45, 2.75) is 17.5 Å². The Bertz CT molecular complexity index is 657. The molecule has 1 aromatic rings. The number of amides is 1. The number of carbonyl (C=O) groups excluding carboxylic acids is 1. The lowest BCUT2D eigenvalue weighted by molar-refractivity contribution is -0.132. The molecule has 0 radical (unpaired) electrons. The molecular formula is C10H9F5N2O3S. The lowest BCUT2D eigenvalue weighted by Crippen LogP contribution is -2.29. The van der Waals surface area contributed by atoms with E-state index < -0.39 is 57.2 Å². The third-order valence-electron chi connectivity index (χ3n) is 2.27. The minimum atomic E-state index is -4.54. The molecule has 0 saturated heterocycles. The second-order valence-corrected chi connectivity index (χ2v) is 5.49. The topological polar surface area (TPSA) is 89.3 Å². The predicted octanol–water partition coefficient (Wildman–Crippen LogP) is 1.29. The number of alkyl halides is 3. The highest BCUT2D eigenvalue weighted by molar-refractivity contribution is 7.89. The zero-order valence-electron chi connectivity index (χ0n) is 10.2. The van der Waals surface area contributed by atoms with E-state index in [4.69, 9.17) is 5.14 Å². The molecule has 21 heavy (non-hydrogen) atoms. The molecule has 1 amide bonds. The standard InChI is InChI=1S/C10H9F5N2O3S/c11-7-4-5(21(16,19)20)3-6(8(7)12)9(18)17-2-1-10(13,14)15/h3-4H,1-2H2,(H,17,18)(H2,16,19,20). The average molecular weight is 332 g/mol. The Morgan fingerprint density at radius 2 is 1.81 bits per heavy atom. The number of benzene rings is 1. The maximum Gasteiger partial charge on any atom is 0.390 e. The first-order chi connectivity index (χ1) is 9.42. The quantitative estimate of drug-likeness (QED) is 0.815. The summed E-state index contributed by atoms with van der Waals surface area (Å²) in [4.78, 5) is 10.6. The summed E-state index contributed by atoms with van der Waals surface area (Å²) in [5.74, 6) is -4.74. The smallest absolute Gasteiger partial charge is 0.352 e. The molecule has 3 N–H and O–H groups in total. The van der Waals surface area contributed by atoms with Crippen LogP contribution in [-0.2, 0) is 10.0 Å². The van der Waals surface area contributed by atoms with Crippen LogP contribution >= 0.6 is 0 Å². The van der Waals surface area contributed by atoms with Crippen LogP contribution < -0.4 is 10.5 Å². The van der Waals surface area contributed by atoms with Crippen LogP contribution in [0.15, 0.2) is 17.0 Å². The van der Waals surface area contributed by atoms with Crippen molar-refractivity contribution in [3.63, 3.8) is 0 Å². The van der Waals surface area contributed by atoms with Gasteiger partial charge in [0.2, 0.25) is 10.0 Å². The summed E-state index contributed by atoms with van der Waals surface area (Å²) in [6.45, 7) is -0.872. The van der Waals surface area contributed by atoms with Crippen molar-refractivity contribution in [2.75, 3.05) is 6.54 Å². The highest BCUT2D eigenvalue weighted by Crippen LogP contribution is 2.20. The van der Waals surface area contributed by atoms with Gasteiger partial charge in [0.15, 0.2) is 11.6 Å². The average Bonchev–Trinajstić information content (AvgIpc) is 2.29. The van der Waals surface area contributed by atoms with Gasteiger partial charge in [-0.1, -0.05) is 0 Å². The number of sulfonamides is 1. The Labute approximate surface area is 116 Å². The van der Waals surface area contributed by atoms with E-state index in [9.17, 15) is 35.2 Å². The van der Waals surface area contributed by atoms with Crippen molar-refractivity contribution >= 4 is 15.9 Å². The molecule has 11 heteroatoms. The van der Waals surface area contributed by atoms with E-state index in [1.54, 1.807) is 5.32 Å². The van der Waals surface area contributed by atoms with Gasteiger partial charge in [-0.15, -0.1) is 0 Å². The van der Waals surface area contributed by atoms with Gasteiger partial charge < -0.3 is 5.32 Å². The van der Waals surface area contributed by atoms with Crippen LogP contribution in [0.4, 0.5) is 22.0 Å². The van der Waals surface area contributed by atoms with Gasteiger partial charge in [-0.05, 0) is 12.1 Å². The molecule has 5 nitrogen and oxygen atoms in total. The van der Waals surface area contributed by atoms with Gasteiger partial charge in [0.05, 0.1) is 16.9 Å². The first-order valence-electron chi connectivity index (χ1n) is 5.28. The fraction of sp³-hybridized carbons (Fsp3) is 0.300. The van der Waals surface area contributed by atoms with E-state index in [1.165, 1.54) is 0 Å². The summed E-state index contributed by atoms with van der Waals surface area (Å²) in [6.07, 6.45) is -5.92. The molecule has 1 aromatic carbocycles. The minimum absolute atomic E-state index is 0.261. The first kappa shape index (κ1) is 17.3. The Kier molecular flexibility index (Phi) is 4.89. The summed E-state index contributed by atoms with van der Waals surface area (Å²) >= 11 is 0. The van der Waals surface area contributed by atoms with Crippen LogP contribution in [0, 0.1) is 11.6 Å². The normalized spacial score (nSPS) is 12.3. The first-order valence-corrected chi connectivity index (χ1v) is 6.83. The molecular weight excluding hydrogens is 323 g/mol. The zero-order chi connectivity index (χ0) is 16.4. The second-order valence-electron chi connectivity index (χ2n) is 3.93. The minimum Gasteiger partial charge on any atom is -0.352 e. The fourth-order valence-corrected chi connectivity index (χ4v) is 1.86. The lowest BCUT2D eigenvalue weighted by Gasteiger charge is -2.09. The van der Waals surface area contributed by atoms with Gasteiger partial charge in [0.1, 0.15) is 0 Å². The van der Waals surface area contributed by atoms with Crippen molar-refractivity contribution in [1.82, 2.24) is 5.32 Å². The van der Waals surface area contributed by atoms with Gasteiger partial charge in [-0.25, -0.2) is 22.3 Å². The van der Waals surface area contributed by atoms with Gasteiger partial charge >= 0.3 is 6.18 Å². The number of rotatable bonds is 4. The SMILES string of the molecule is NS(=O)(=O)c1cc(F)c(F)c(C(=O)NCCC(F)(F)F)c1. The number of nitrogens with two attached hydrogens (primary N) is 1. The van der Waals surface area contributed by atoms with Crippen LogP contribution in [0.25, 0.3) is 0 Å². The van der Waals surface area contributed by atoms with Gasteiger partial charge in [-0.3, -0.25) is 4.79 Å². The van der Waals surface area contributed by atoms with Crippen molar-refractivity contribution in [1.29, 1.82) is 0 Å². The summed E-state index contributed by atoms with van der Waals surface area (Å²) < 4.78 is 84.3. The molecule has 118 valence electrons. The Morgan fingerprint density at radius 3 is 2.29 bits per heavy atom. The monoisotopic (exact) mass is 332 g/mol. The maximum absolute atomic E-state index is 13.4. The number of primary sulfonamides is 1.